The van der Waals surface area contributed by atoms with Crippen molar-refractivity contribution in [1.82, 2.24) is 9.96 Å². The summed E-state index contributed by atoms with van der Waals surface area (Å²) in [5, 5.41) is 10.8. The fraction of sp³-hybridized carbons (Fsp3) is 0.652. The molecule has 1 N–H and O–H groups in total. The first-order valence-corrected chi connectivity index (χ1v) is 13.4. The van der Waals surface area contributed by atoms with E-state index >= 15 is 0 Å². The molecule has 0 aromatic carbocycles. The summed E-state index contributed by atoms with van der Waals surface area (Å²) in [6.45, 7) is 17.8. The standard InChI is InChI=1S/C12H21NO5.C11H17BINO5S/c1-8(10(15)17-6)9(14)7-13(5)11(16)18-12(2,3)4;1-7(9(15)17-5)8-6-14(19-20-12(8)13)10(16)18-11(2,3)4/h9,14H,1,7H2,2-6H3;8H,1,6H2,2-5H3. The predicted molar refractivity (Wildman–Crippen MR) is 152 cm³/mol. The van der Waals surface area contributed by atoms with E-state index in [9.17, 15) is 24.3 Å². The van der Waals surface area contributed by atoms with Crippen LogP contribution in [0.4, 0.5) is 9.59 Å². The predicted octanol–water partition coefficient (Wildman–Crippen LogP) is 3.78. The lowest BCUT2D eigenvalue weighted by atomic mass is 9.79. The largest absolute Gasteiger partial charge is 0.466 e. The lowest BCUT2D eigenvalue weighted by Gasteiger charge is -2.33. The molecule has 1 fully saturated rings. The zero-order valence-corrected chi connectivity index (χ0v) is 26.3. The molecule has 0 aromatic rings. The van der Waals surface area contributed by atoms with Crippen molar-refractivity contribution in [2.24, 2.45) is 0 Å². The maximum absolute atomic E-state index is 11.9. The number of ether oxygens (including phenoxy) is 4. The summed E-state index contributed by atoms with van der Waals surface area (Å²) < 4.78 is 24.6. The number of carbonyl (C=O) groups is 4. The summed E-state index contributed by atoms with van der Waals surface area (Å²) in [7, 11) is 3.95. The average molecular weight is 672 g/mol. The number of hydroxylamine groups is 2. The minimum absolute atomic E-state index is 0.0436. The molecule has 2 atom stereocenters. The van der Waals surface area contributed by atoms with Gasteiger partial charge in [-0.2, -0.15) is 5.06 Å². The zero-order chi connectivity index (χ0) is 30.0. The number of halogens is 1. The number of hydrogen-bond acceptors (Lipinski definition) is 11. The third-order valence-corrected chi connectivity index (χ3v) is 6.67. The van der Waals surface area contributed by atoms with E-state index in [1.165, 1.54) is 26.2 Å². The molecule has 0 saturated carbocycles. The van der Waals surface area contributed by atoms with Gasteiger partial charge in [0.05, 0.1) is 32.9 Å². The molecule has 0 aromatic heterocycles. The molecule has 0 radical (unpaired) electrons. The molecule has 0 bridgehead atoms. The normalized spacial score (nSPS) is 16.2. The molecular weight excluding hydrogens is 634 g/mol. The monoisotopic (exact) mass is 672 g/mol. The van der Waals surface area contributed by atoms with Crippen LogP contribution in [0.25, 0.3) is 0 Å². The van der Waals surface area contributed by atoms with E-state index in [0.717, 1.165) is 17.0 Å². The topological polar surface area (TPSA) is 141 Å². The van der Waals surface area contributed by atoms with Crippen molar-refractivity contribution < 1.29 is 47.5 Å². The van der Waals surface area contributed by atoms with Crippen molar-refractivity contribution in [3.8, 4) is 0 Å². The van der Waals surface area contributed by atoms with Crippen LogP contribution in [0.5, 0.6) is 0 Å². The Morgan fingerprint density at radius 1 is 1.08 bits per heavy atom. The van der Waals surface area contributed by atoms with Crippen LogP contribution < -0.4 is 0 Å². The number of methoxy groups -OCH3 is 2. The second-order valence-corrected chi connectivity index (χ2v) is 13.1. The number of likely N-dealkylation sites (N-methyl/N-ethyl adjacent to an activating group) is 1. The fourth-order valence-electron chi connectivity index (χ4n) is 2.47. The lowest BCUT2D eigenvalue weighted by molar-refractivity contribution is -0.137. The van der Waals surface area contributed by atoms with Crippen LogP contribution in [0.3, 0.4) is 0 Å². The van der Waals surface area contributed by atoms with Crippen molar-refractivity contribution in [3.63, 3.8) is 0 Å². The van der Waals surface area contributed by atoms with Gasteiger partial charge in [-0.25, -0.2) is 23.5 Å². The number of aliphatic hydroxyl groups is 1. The molecule has 15 heteroatoms. The Hall–Kier alpha value is -1.98. The first kappa shape index (κ1) is 36.0. The van der Waals surface area contributed by atoms with E-state index in [0.29, 0.717) is 5.57 Å². The van der Waals surface area contributed by atoms with Crippen LogP contribution in [0.1, 0.15) is 41.5 Å². The van der Waals surface area contributed by atoms with E-state index in [2.05, 4.69) is 45.0 Å². The van der Waals surface area contributed by atoms with Gasteiger partial charge in [-0.15, -0.1) is 22.4 Å². The van der Waals surface area contributed by atoms with Gasteiger partial charge in [-0.3, -0.25) is 0 Å². The van der Waals surface area contributed by atoms with Gasteiger partial charge in [0.15, 0.2) is 0 Å². The molecule has 1 aliphatic heterocycles. The Morgan fingerprint density at radius 3 is 2.03 bits per heavy atom. The van der Waals surface area contributed by atoms with E-state index in [-0.39, 0.29) is 28.3 Å². The van der Waals surface area contributed by atoms with Crippen molar-refractivity contribution in [2.45, 2.75) is 64.7 Å². The van der Waals surface area contributed by atoms with Gasteiger partial charge < -0.3 is 29.0 Å². The smallest absolute Gasteiger partial charge is 0.435 e. The highest BCUT2D eigenvalue weighted by Crippen LogP contribution is 2.38. The first-order valence-electron chi connectivity index (χ1n) is 11.4. The van der Waals surface area contributed by atoms with E-state index in [4.69, 9.17) is 13.8 Å². The Bertz CT molecular complexity index is 890. The van der Waals surface area contributed by atoms with Gasteiger partial charge in [-0.1, -0.05) is 13.2 Å². The number of esters is 2. The number of aliphatic hydroxyl groups excluding tert-OH is 1. The maximum atomic E-state index is 11.9. The summed E-state index contributed by atoms with van der Waals surface area (Å²) >= 11 is 3.22. The maximum Gasteiger partial charge on any atom is 0.435 e. The van der Waals surface area contributed by atoms with Crippen LogP contribution in [0, 0.1) is 0 Å². The second kappa shape index (κ2) is 15.6. The van der Waals surface area contributed by atoms with Crippen molar-refractivity contribution >= 4 is 62.2 Å². The lowest BCUT2D eigenvalue weighted by Crippen LogP contribution is -2.43. The quantitative estimate of drug-likeness (QED) is 0.110. The van der Waals surface area contributed by atoms with Gasteiger partial charge in [0.2, 0.25) is 0 Å². The summed E-state index contributed by atoms with van der Waals surface area (Å²) in [5.74, 6) is -1.45. The van der Waals surface area contributed by atoms with Crippen LogP contribution in [-0.4, -0.2) is 94.7 Å². The van der Waals surface area contributed by atoms with E-state index in [1.54, 1.807) is 41.5 Å². The molecule has 2 unspecified atom stereocenters. The second-order valence-electron chi connectivity index (χ2n) is 10.1. The average Bonchev–Trinajstić information content (AvgIpc) is 2.80. The number of hydrogen-bond donors (Lipinski definition) is 1. The van der Waals surface area contributed by atoms with Crippen LogP contribution in [-0.2, 0) is 32.8 Å². The summed E-state index contributed by atoms with van der Waals surface area (Å²) in [5.41, 5.74) is -1.01. The molecule has 38 heavy (non-hydrogen) atoms. The molecule has 12 nitrogen and oxygen atoms in total. The van der Waals surface area contributed by atoms with Crippen LogP contribution in [0.15, 0.2) is 24.3 Å². The summed E-state index contributed by atoms with van der Waals surface area (Å²) in [4.78, 5) is 47.4. The Kier molecular flexibility index (Phi) is 14.8. The molecule has 216 valence electrons. The third kappa shape index (κ3) is 13.2. The molecule has 1 heterocycles. The third-order valence-electron chi connectivity index (χ3n) is 4.40. The molecule has 1 rings (SSSR count). The van der Waals surface area contributed by atoms with Crippen LogP contribution in [0.2, 0.25) is 5.82 Å². The number of amides is 2. The van der Waals surface area contributed by atoms with Gasteiger partial charge in [0.25, 0.3) is 0 Å². The highest BCUT2D eigenvalue weighted by molar-refractivity contribution is 14.1. The Balaban J connectivity index is 0.000000726. The zero-order valence-electron chi connectivity index (χ0n) is 23.4. The highest BCUT2D eigenvalue weighted by Gasteiger charge is 2.40. The van der Waals surface area contributed by atoms with Crippen LogP contribution >= 0.6 is 34.3 Å². The molecule has 1 aliphatic rings. The van der Waals surface area contributed by atoms with E-state index < -0.39 is 41.4 Å². The van der Waals surface area contributed by atoms with E-state index in [1.807, 2.05) is 0 Å². The SMILES string of the molecule is C=C(C(=O)OC)C(O)CN(C)C(=O)OC(C)(C)C.C=C(C(=O)OC)C1CN(C(=O)OC(C)(C)C)OSB1I. The molecule has 1 saturated heterocycles. The van der Waals surface area contributed by atoms with Gasteiger partial charge >= 0.3 is 28.0 Å². The van der Waals surface area contributed by atoms with Gasteiger partial charge in [0, 0.05) is 18.4 Å². The molecular formula is C23H38BIN2O10S. The van der Waals surface area contributed by atoms with Crippen molar-refractivity contribution in [3.05, 3.63) is 24.3 Å². The first-order chi connectivity index (χ1) is 17.2. The highest BCUT2D eigenvalue weighted by atomic mass is 127. The van der Waals surface area contributed by atoms with Gasteiger partial charge in [0.1, 0.15) is 17.3 Å². The molecule has 0 aliphatic carbocycles. The number of nitrogens with zero attached hydrogens (tertiary/aromatic N) is 2. The number of rotatable bonds is 6. The minimum atomic E-state index is -1.19. The fourth-order valence-corrected chi connectivity index (χ4v) is 4.10. The molecule has 2 amide bonds. The van der Waals surface area contributed by atoms with Gasteiger partial charge in [-0.05, 0) is 53.4 Å². The summed E-state index contributed by atoms with van der Waals surface area (Å²) in [6, 6.07) is 0. The van der Waals surface area contributed by atoms with Crippen molar-refractivity contribution in [1.29, 1.82) is 0 Å². The minimum Gasteiger partial charge on any atom is -0.466 e. The number of carbonyl (C=O) groups excluding carboxylic acids is 4. The Morgan fingerprint density at radius 2 is 1.58 bits per heavy atom. The molecule has 0 spiro atoms. The Labute approximate surface area is 242 Å². The van der Waals surface area contributed by atoms with Crippen molar-refractivity contribution in [2.75, 3.05) is 34.4 Å². The summed E-state index contributed by atoms with van der Waals surface area (Å²) in [6.07, 6.45) is -2.36.